The third-order valence-electron chi connectivity index (χ3n) is 4.58. The van der Waals surface area contributed by atoms with Crippen LogP contribution in [0.5, 0.6) is 11.5 Å². The number of carbonyl (C=O) groups excluding carboxylic acids is 2. The predicted molar refractivity (Wildman–Crippen MR) is 96.5 cm³/mol. The average molecular weight is 373 g/mol. The molecule has 0 aliphatic heterocycles. The van der Waals surface area contributed by atoms with Gasteiger partial charge in [-0.2, -0.15) is 0 Å². The topological polar surface area (TPSA) is 87.9 Å². The summed E-state index contributed by atoms with van der Waals surface area (Å²) in [6.07, 6.45) is 4.36. The number of nitrogens with zero attached hydrogens (tertiary/aromatic N) is 1. The average Bonchev–Trinajstić information content (AvgIpc) is 3.31. The van der Waals surface area contributed by atoms with Crippen molar-refractivity contribution in [1.29, 1.82) is 0 Å². The number of rotatable bonds is 7. The van der Waals surface area contributed by atoms with Crippen molar-refractivity contribution in [3.05, 3.63) is 40.8 Å². The van der Waals surface area contributed by atoms with E-state index in [2.05, 4.69) is 5.16 Å². The van der Waals surface area contributed by atoms with Crippen molar-refractivity contribution in [2.45, 2.75) is 45.6 Å². The van der Waals surface area contributed by atoms with Gasteiger partial charge in [0.1, 0.15) is 5.76 Å². The first-order chi connectivity index (χ1) is 13.0. The third-order valence-corrected chi connectivity index (χ3v) is 4.58. The molecule has 7 heteroatoms. The van der Waals surface area contributed by atoms with E-state index in [1.807, 2.05) is 0 Å². The molecule has 0 atom stereocenters. The molecule has 0 bridgehead atoms. The van der Waals surface area contributed by atoms with Gasteiger partial charge in [0.2, 0.25) is 5.69 Å². The van der Waals surface area contributed by atoms with Crippen LogP contribution in [-0.2, 0) is 4.74 Å². The maximum absolute atomic E-state index is 13.0. The number of methoxy groups -OCH3 is 1. The lowest BCUT2D eigenvalue weighted by molar-refractivity contribution is 0.0512. The van der Waals surface area contributed by atoms with Crippen LogP contribution in [0.3, 0.4) is 0 Å². The van der Waals surface area contributed by atoms with Crippen molar-refractivity contribution < 1.29 is 28.3 Å². The minimum Gasteiger partial charge on any atom is -0.493 e. The van der Waals surface area contributed by atoms with Gasteiger partial charge in [-0.05, 0) is 57.7 Å². The summed E-state index contributed by atoms with van der Waals surface area (Å²) >= 11 is 0. The quantitative estimate of drug-likeness (QED) is 0.540. The van der Waals surface area contributed by atoms with Crippen LogP contribution in [0.1, 0.15) is 64.8 Å². The van der Waals surface area contributed by atoms with Crippen molar-refractivity contribution in [1.82, 2.24) is 5.16 Å². The number of carbonyl (C=O) groups is 2. The van der Waals surface area contributed by atoms with Crippen molar-refractivity contribution >= 4 is 11.8 Å². The minimum absolute atomic E-state index is 0.102. The normalized spacial score (nSPS) is 14.2. The first-order valence-corrected chi connectivity index (χ1v) is 9.08. The second-order valence-electron chi connectivity index (χ2n) is 6.40. The Hall–Kier alpha value is -2.83. The van der Waals surface area contributed by atoms with Crippen LogP contribution in [0.15, 0.2) is 22.7 Å². The SMILES string of the molecule is CCOC(=O)c1noc(C)c1C(=O)c1ccc(OC)c(OC2CCCC2)c1. The summed E-state index contributed by atoms with van der Waals surface area (Å²) in [5, 5.41) is 3.69. The Kier molecular flexibility index (Phi) is 5.78. The fraction of sp³-hybridized carbons (Fsp3) is 0.450. The highest BCUT2D eigenvalue weighted by molar-refractivity contribution is 6.14. The Bertz CT molecular complexity index is 835. The first-order valence-electron chi connectivity index (χ1n) is 9.08. The molecule has 1 fully saturated rings. The Morgan fingerprint density at radius 1 is 1.22 bits per heavy atom. The summed E-state index contributed by atoms with van der Waals surface area (Å²) in [6, 6.07) is 4.95. The first kappa shape index (κ1) is 18.9. The van der Waals surface area contributed by atoms with E-state index in [1.165, 1.54) is 0 Å². The molecular weight excluding hydrogens is 350 g/mol. The fourth-order valence-electron chi connectivity index (χ4n) is 3.22. The molecule has 0 saturated heterocycles. The highest BCUT2D eigenvalue weighted by atomic mass is 16.5. The van der Waals surface area contributed by atoms with Gasteiger partial charge in [-0.1, -0.05) is 5.16 Å². The van der Waals surface area contributed by atoms with E-state index in [9.17, 15) is 9.59 Å². The molecule has 7 nitrogen and oxygen atoms in total. The number of esters is 1. The van der Waals surface area contributed by atoms with Crippen molar-refractivity contribution in [3.63, 3.8) is 0 Å². The largest absolute Gasteiger partial charge is 0.493 e. The minimum atomic E-state index is -0.686. The highest BCUT2D eigenvalue weighted by Crippen LogP contribution is 2.33. The summed E-state index contributed by atoms with van der Waals surface area (Å²) in [7, 11) is 1.56. The van der Waals surface area contributed by atoms with E-state index in [0.29, 0.717) is 17.1 Å². The number of ether oxygens (including phenoxy) is 3. The van der Waals surface area contributed by atoms with Gasteiger partial charge in [0.25, 0.3) is 0 Å². The Morgan fingerprint density at radius 2 is 1.96 bits per heavy atom. The maximum atomic E-state index is 13.0. The van der Waals surface area contributed by atoms with Crippen molar-refractivity contribution in [2.24, 2.45) is 0 Å². The molecule has 0 spiro atoms. The zero-order chi connectivity index (χ0) is 19.4. The number of aryl methyl sites for hydroxylation is 1. The van der Waals surface area contributed by atoms with Gasteiger partial charge < -0.3 is 18.7 Å². The van der Waals surface area contributed by atoms with Gasteiger partial charge in [0.15, 0.2) is 17.3 Å². The molecule has 1 heterocycles. The molecule has 27 heavy (non-hydrogen) atoms. The monoisotopic (exact) mass is 373 g/mol. The van der Waals surface area contributed by atoms with E-state index in [0.717, 1.165) is 25.7 Å². The molecule has 0 N–H and O–H groups in total. The Labute approximate surface area is 157 Å². The molecule has 1 aromatic carbocycles. The van der Waals surface area contributed by atoms with Crippen LogP contribution in [0, 0.1) is 6.92 Å². The molecule has 0 amide bonds. The van der Waals surface area contributed by atoms with Crippen LogP contribution in [0.2, 0.25) is 0 Å². The number of hydrogen-bond donors (Lipinski definition) is 0. The fourth-order valence-corrected chi connectivity index (χ4v) is 3.22. The van der Waals surface area contributed by atoms with Crippen LogP contribution >= 0.6 is 0 Å². The lowest BCUT2D eigenvalue weighted by Gasteiger charge is -2.16. The van der Waals surface area contributed by atoms with Gasteiger partial charge in [0.05, 0.1) is 25.4 Å². The Morgan fingerprint density at radius 3 is 2.63 bits per heavy atom. The van der Waals surface area contributed by atoms with Gasteiger partial charge >= 0.3 is 5.97 Å². The smallest absolute Gasteiger partial charge is 0.361 e. The number of ketones is 1. The summed E-state index contributed by atoms with van der Waals surface area (Å²) in [5.74, 6) is 0.273. The van der Waals surface area contributed by atoms with E-state index in [1.54, 1.807) is 39.2 Å². The number of benzene rings is 1. The van der Waals surface area contributed by atoms with E-state index >= 15 is 0 Å². The standard InChI is InChI=1S/C20H23NO6/c1-4-25-20(23)18-17(12(2)27-21-18)19(22)13-9-10-15(24-3)16(11-13)26-14-7-5-6-8-14/h9-11,14H,4-8H2,1-3H3. The summed E-state index contributed by atoms with van der Waals surface area (Å²) < 4.78 is 21.4. The Balaban J connectivity index is 1.93. The molecule has 0 unspecified atom stereocenters. The zero-order valence-electron chi connectivity index (χ0n) is 15.7. The van der Waals surface area contributed by atoms with Gasteiger partial charge in [-0.25, -0.2) is 4.79 Å². The van der Waals surface area contributed by atoms with Gasteiger partial charge in [-0.15, -0.1) is 0 Å². The molecule has 1 aromatic heterocycles. The number of aromatic nitrogens is 1. The molecule has 1 aliphatic carbocycles. The predicted octanol–water partition coefficient (Wildman–Crippen LogP) is 3.72. The van der Waals surface area contributed by atoms with Crippen molar-refractivity contribution in [2.75, 3.05) is 13.7 Å². The molecule has 144 valence electrons. The number of hydrogen-bond acceptors (Lipinski definition) is 7. The maximum Gasteiger partial charge on any atom is 0.361 e. The van der Waals surface area contributed by atoms with E-state index in [-0.39, 0.29) is 35.5 Å². The van der Waals surface area contributed by atoms with Gasteiger partial charge in [0, 0.05) is 5.56 Å². The van der Waals surface area contributed by atoms with E-state index in [4.69, 9.17) is 18.7 Å². The lowest BCUT2D eigenvalue weighted by atomic mass is 10.0. The third kappa shape index (κ3) is 3.97. The lowest BCUT2D eigenvalue weighted by Crippen LogP contribution is -2.14. The molecule has 0 radical (unpaired) electrons. The van der Waals surface area contributed by atoms with Crippen LogP contribution in [0.4, 0.5) is 0 Å². The second-order valence-corrected chi connectivity index (χ2v) is 6.40. The van der Waals surface area contributed by atoms with E-state index < -0.39 is 5.97 Å². The summed E-state index contributed by atoms with van der Waals surface area (Å²) in [4.78, 5) is 25.1. The molecule has 2 aromatic rings. The summed E-state index contributed by atoms with van der Waals surface area (Å²) in [5.41, 5.74) is 0.347. The molecular formula is C20H23NO6. The zero-order valence-corrected chi connectivity index (χ0v) is 15.7. The van der Waals surface area contributed by atoms with Crippen molar-refractivity contribution in [3.8, 4) is 11.5 Å². The highest BCUT2D eigenvalue weighted by Gasteiger charge is 2.28. The van der Waals surface area contributed by atoms with Crippen LogP contribution in [-0.4, -0.2) is 36.7 Å². The van der Waals surface area contributed by atoms with Crippen LogP contribution in [0.25, 0.3) is 0 Å². The van der Waals surface area contributed by atoms with Crippen LogP contribution < -0.4 is 9.47 Å². The second kappa shape index (κ2) is 8.24. The molecule has 1 saturated carbocycles. The molecule has 1 aliphatic rings. The summed E-state index contributed by atoms with van der Waals surface area (Å²) in [6.45, 7) is 3.45. The molecule has 3 rings (SSSR count). The van der Waals surface area contributed by atoms with Gasteiger partial charge in [-0.3, -0.25) is 4.79 Å².